The highest BCUT2D eigenvalue weighted by Gasteiger charge is 2.07. The van der Waals surface area contributed by atoms with E-state index in [1.807, 2.05) is 43.3 Å². The highest BCUT2D eigenvalue weighted by molar-refractivity contribution is 5.92. The first kappa shape index (κ1) is 15.2. The summed E-state index contributed by atoms with van der Waals surface area (Å²) in [7, 11) is 0. The van der Waals surface area contributed by atoms with E-state index >= 15 is 0 Å². The van der Waals surface area contributed by atoms with Crippen LogP contribution in [0, 0.1) is 6.92 Å². The summed E-state index contributed by atoms with van der Waals surface area (Å²) in [5.41, 5.74) is 3.83. The van der Waals surface area contributed by atoms with Gasteiger partial charge in [-0.2, -0.15) is 0 Å². The number of carbonyl (C=O) groups excluding carboxylic acids is 1. The number of pyridine rings is 1. The Hall–Kier alpha value is -2.20. The topological polar surface area (TPSA) is 54.0 Å². The standard InChI is InChI=1S/C17H21N3O/c1-3-18-12-14-7-4-8-15(10-14)20-17(21)11-16-13(2)6-5-9-19-16/h4-10,18H,3,11-12H2,1-2H3,(H,20,21). The minimum Gasteiger partial charge on any atom is -0.326 e. The van der Waals surface area contributed by atoms with Crippen molar-refractivity contribution >= 4 is 11.6 Å². The van der Waals surface area contributed by atoms with Crippen LogP contribution in [0.2, 0.25) is 0 Å². The van der Waals surface area contributed by atoms with Crippen LogP contribution in [0.1, 0.15) is 23.7 Å². The van der Waals surface area contributed by atoms with E-state index < -0.39 is 0 Å². The van der Waals surface area contributed by atoms with Gasteiger partial charge in [-0.05, 0) is 42.8 Å². The number of carbonyl (C=O) groups is 1. The molecule has 2 aromatic rings. The predicted octanol–water partition coefficient (Wildman–Crippen LogP) is 2.68. The second-order valence-corrected chi connectivity index (χ2v) is 4.97. The Balaban J connectivity index is 1.98. The lowest BCUT2D eigenvalue weighted by Crippen LogP contribution is -2.16. The van der Waals surface area contributed by atoms with E-state index in [1.165, 1.54) is 0 Å². The Morgan fingerprint density at radius 1 is 1.24 bits per heavy atom. The number of hydrogen-bond donors (Lipinski definition) is 2. The quantitative estimate of drug-likeness (QED) is 0.857. The molecule has 0 saturated carbocycles. The lowest BCUT2D eigenvalue weighted by Gasteiger charge is -2.08. The summed E-state index contributed by atoms with van der Waals surface area (Å²) in [6, 6.07) is 11.7. The fraction of sp³-hybridized carbons (Fsp3) is 0.294. The van der Waals surface area contributed by atoms with Gasteiger partial charge >= 0.3 is 0 Å². The number of benzene rings is 1. The molecule has 2 N–H and O–H groups in total. The molecule has 4 heteroatoms. The molecule has 21 heavy (non-hydrogen) atoms. The number of hydrogen-bond acceptors (Lipinski definition) is 3. The molecule has 1 aromatic heterocycles. The van der Waals surface area contributed by atoms with Crippen LogP contribution in [0.25, 0.3) is 0 Å². The predicted molar refractivity (Wildman–Crippen MR) is 85.1 cm³/mol. The molecule has 0 spiro atoms. The Morgan fingerprint density at radius 2 is 2.10 bits per heavy atom. The number of nitrogens with zero attached hydrogens (tertiary/aromatic N) is 1. The van der Waals surface area contributed by atoms with Crippen molar-refractivity contribution in [2.75, 3.05) is 11.9 Å². The molecular weight excluding hydrogens is 262 g/mol. The summed E-state index contributed by atoms with van der Waals surface area (Å²) in [6.07, 6.45) is 2.01. The van der Waals surface area contributed by atoms with Crippen molar-refractivity contribution in [2.24, 2.45) is 0 Å². The molecule has 1 amide bonds. The maximum atomic E-state index is 12.1. The zero-order chi connectivity index (χ0) is 15.1. The third kappa shape index (κ3) is 4.68. The first-order chi connectivity index (χ1) is 10.2. The summed E-state index contributed by atoms with van der Waals surface area (Å²) < 4.78 is 0. The van der Waals surface area contributed by atoms with Crippen LogP contribution in [0.5, 0.6) is 0 Å². The first-order valence-electron chi connectivity index (χ1n) is 7.19. The van der Waals surface area contributed by atoms with Crippen LogP contribution in [0.15, 0.2) is 42.6 Å². The number of aromatic nitrogens is 1. The molecule has 4 nitrogen and oxygen atoms in total. The molecule has 0 aliphatic carbocycles. The molecule has 0 atom stereocenters. The average molecular weight is 283 g/mol. The second-order valence-electron chi connectivity index (χ2n) is 4.97. The van der Waals surface area contributed by atoms with E-state index in [9.17, 15) is 4.79 Å². The van der Waals surface area contributed by atoms with Gasteiger partial charge in [0.1, 0.15) is 0 Å². The largest absolute Gasteiger partial charge is 0.326 e. The molecule has 0 aliphatic heterocycles. The molecule has 0 fully saturated rings. The first-order valence-corrected chi connectivity index (χ1v) is 7.19. The fourth-order valence-electron chi connectivity index (χ4n) is 2.09. The van der Waals surface area contributed by atoms with Gasteiger partial charge in [0.2, 0.25) is 5.91 Å². The lowest BCUT2D eigenvalue weighted by molar-refractivity contribution is -0.115. The zero-order valence-corrected chi connectivity index (χ0v) is 12.5. The van der Waals surface area contributed by atoms with Crippen LogP contribution >= 0.6 is 0 Å². The zero-order valence-electron chi connectivity index (χ0n) is 12.5. The number of nitrogens with one attached hydrogen (secondary N) is 2. The van der Waals surface area contributed by atoms with Crippen LogP contribution < -0.4 is 10.6 Å². The van der Waals surface area contributed by atoms with Crippen LogP contribution in [-0.4, -0.2) is 17.4 Å². The number of amides is 1. The number of anilines is 1. The number of rotatable bonds is 6. The van der Waals surface area contributed by atoms with E-state index in [-0.39, 0.29) is 5.91 Å². The van der Waals surface area contributed by atoms with E-state index in [0.717, 1.165) is 35.6 Å². The van der Waals surface area contributed by atoms with Gasteiger partial charge in [-0.3, -0.25) is 9.78 Å². The van der Waals surface area contributed by atoms with E-state index in [0.29, 0.717) is 6.42 Å². The molecule has 1 heterocycles. The van der Waals surface area contributed by atoms with Crippen molar-refractivity contribution in [2.45, 2.75) is 26.8 Å². The maximum Gasteiger partial charge on any atom is 0.230 e. The van der Waals surface area contributed by atoms with E-state index in [4.69, 9.17) is 0 Å². The number of aryl methyl sites for hydroxylation is 1. The molecule has 0 radical (unpaired) electrons. The fourth-order valence-corrected chi connectivity index (χ4v) is 2.09. The monoisotopic (exact) mass is 283 g/mol. The van der Waals surface area contributed by atoms with Crippen molar-refractivity contribution < 1.29 is 4.79 Å². The van der Waals surface area contributed by atoms with Crippen molar-refractivity contribution in [1.82, 2.24) is 10.3 Å². The molecule has 1 aromatic carbocycles. The van der Waals surface area contributed by atoms with Gasteiger partial charge in [-0.25, -0.2) is 0 Å². The summed E-state index contributed by atoms with van der Waals surface area (Å²) in [5, 5.41) is 6.20. The SMILES string of the molecule is CCNCc1cccc(NC(=O)Cc2ncccc2C)c1. The summed E-state index contributed by atoms with van der Waals surface area (Å²) in [6.45, 7) is 5.77. The highest BCUT2D eigenvalue weighted by Crippen LogP contribution is 2.12. The normalized spacial score (nSPS) is 10.4. The maximum absolute atomic E-state index is 12.1. The van der Waals surface area contributed by atoms with Crippen LogP contribution in [0.3, 0.4) is 0 Å². The van der Waals surface area contributed by atoms with Gasteiger partial charge in [0.15, 0.2) is 0 Å². The third-order valence-electron chi connectivity index (χ3n) is 3.24. The molecular formula is C17H21N3O. The van der Waals surface area contributed by atoms with Gasteiger partial charge < -0.3 is 10.6 Å². The second kappa shape index (κ2) is 7.55. The van der Waals surface area contributed by atoms with Crippen LogP contribution in [0.4, 0.5) is 5.69 Å². The Morgan fingerprint density at radius 3 is 2.86 bits per heavy atom. The van der Waals surface area contributed by atoms with Crippen molar-refractivity contribution in [3.63, 3.8) is 0 Å². The Kier molecular flexibility index (Phi) is 5.46. The molecule has 2 rings (SSSR count). The molecule has 0 bridgehead atoms. The van der Waals surface area contributed by atoms with Gasteiger partial charge in [-0.1, -0.05) is 25.1 Å². The molecule has 110 valence electrons. The van der Waals surface area contributed by atoms with Gasteiger partial charge in [-0.15, -0.1) is 0 Å². The van der Waals surface area contributed by atoms with Gasteiger partial charge in [0.05, 0.1) is 12.1 Å². The molecule has 0 unspecified atom stereocenters. The summed E-state index contributed by atoms with van der Waals surface area (Å²) in [5.74, 6) is -0.0441. The molecule has 0 aliphatic rings. The van der Waals surface area contributed by atoms with Crippen molar-refractivity contribution in [3.05, 3.63) is 59.4 Å². The van der Waals surface area contributed by atoms with E-state index in [2.05, 4.69) is 22.5 Å². The molecule has 0 saturated heterocycles. The summed E-state index contributed by atoms with van der Waals surface area (Å²) >= 11 is 0. The smallest absolute Gasteiger partial charge is 0.230 e. The average Bonchev–Trinajstić information content (AvgIpc) is 2.48. The third-order valence-corrected chi connectivity index (χ3v) is 3.24. The van der Waals surface area contributed by atoms with Crippen LogP contribution in [-0.2, 0) is 17.8 Å². The van der Waals surface area contributed by atoms with Crippen molar-refractivity contribution in [3.8, 4) is 0 Å². The minimum absolute atomic E-state index is 0.0441. The summed E-state index contributed by atoms with van der Waals surface area (Å²) in [4.78, 5) is 16.3. The Bertz CT molecular complexity index is 610. The van der Waals surface area contributed by atoms with Gasteiger partial charge in [0, 0.05) is 18.4 Å². The van der Waals surface area contributed by atoms with Crippen molar-refractivity contribution in [1.29, 1.82) is 0 Å². The van der Waals surface area contributed by atoms with E-state index in [1.54, 1.807) is 6.20 Å². The highest BCUT2D eigenvalue weighted by atomic mass is 16.1. The lowest BCUT2D eigenvalue weighted by atomic mass is 10.1. The Labute approximate surface area is 125 Å². The minimum atomic E-state index is -0.0441. The van der Waals surface area contributed by atoms with Gasteiger partial charge in [0.25, 0.3) is 0 Å².